The van der Waals surface area contributed by atoms with E-state index in [-0.39, 0.29) is 17.1 Å². The molecule has 0 spiro atoms. The Balaban J connectivity index is 1.83. The third kappa shape index (κ3) is 6.33. The van der Waals surface area contributed by atoms with Crippen LogP contribution in [0.15, 0.2) is 64.2 Å². The molecule has 3 aromatic rings. The highest BCUT2D eigenvalue weighted by Crippen LogP contribution is 2.36. The minimum atomic E-state index is -0.777. The fourth-order valence-corrected chi connectivity index (χ4v) is 3.37. The first-order chi connectivity index (χ1) is 17.2. The van der Waals surface area contributed by atoms with Crippen molar-refractivity contribution in [2.24, 2.45) is 5.10 Å². The van der Waals surface area contributed by atoms with E-state index in [2.05, 4.69) is 26.5 Å². The molecule has 3 rings (SSSR count). The molecule has 0 saturated carbocycles. The van der Waals surface area contributed by atoms with E-state index in [1.165, 1.54) is 25.5 Å². The lowest BCUT2D eigenvalue weighted by molar-refractivity contribution is -0.394. The molecule has 36 heavy (non-hydrogen) atoms. The van der Waals surface area contributed by atoms with Crippen LogP contribution in [-0.2, 0) is 0 Å². The van der Waals surface area contributed by atoms with Crippen LogP contribution in [0.1, 0.15) is 22.8 Å². The van der Waals surface area contributed by atoms with E-state index in [1.807, 2.05) is 0 Å². The van der Waals surface area contributed by atoms with Crippen LogP contribution in [-0.4, -0.2) is 35.7 Å². The van der Waals surface area contributed by atoms with E-state index >= 15 is 0 Å². The van der Waals surface area contributed by atoms with Crippen LogP contribution >= 0.6 is 15.9 Å². The summed E-state index contributed by atoms with van der Waals surface area (Å²) in [6, 6.07) is 12.5. The molecule has 3 aromatic carbocycles. The van der Waals surface area contributed by atoms with Gasteiger partial charge in [0, 0.05) is 21.7 Å². The molecule has 186 valence electrons. The number of carbonyl (C=O) groups is 1. The third-order valence-corrected chi connectivity index (χ3v) is 5.13. The van der Waals surface area contributed by atoms with Gasteiger partial charge in [-0.1, -0.05) is 15.9 Å². The SMILES string of the molecule is CCOc1cc(C(=O)N/N=C/c2cc(Br)ccc2Oc2ccc([N+](=O)[O-])cc2[N+](=O)[O-])ccc1OC. The van der Waals surface area contributed by atoms with Gasteiger partial charge in [0.2, 0.25) is 5.75 Å². The quantitative estimate of drug-likeness (QED) is 0.201. The first-order valence-electron chi connectivity index (χ1n) is 10.3. The predicted molar refractivity (Wildman–Crippen MR) is 133 cm³/mol. The van der Waals surface area contributed by atoms with Crippen LogP contribution in [0.2, 0.25) is 0 Å². The van der Waals surface area contributed by atoms with Gasteiger partial charge in [0.25, 0.3) is 11.6 Å². The number of ether oxygens (including phenoxy) is 3. The average Bonchev–Trinajstić information content (AvgIpc) is 2.85. The summed E-state index contributed by atoms with van der Waals surface area (Å²) in [6.07, 6.45) is 1.29. The Morgan fingerprint density at radius 1 is 1.00 bits per heavy atom. The van der Waals surface area contributed by atoms with Crippen molar-refractivity contribution in [1.29, 1.82) is 0 Å². The summed E-state index contributed by atoms with van der Waals surface area (Å²) in [4.78, 5) is 33.4. The molecule has 13 heteroatoms. The van der Waals surface area contributed by atoms with Crippen molar-refractivity contribution in [3.63, 3.8) is 0 Å². The number of nitro groups is 2. The fourth-order valence-electron chi connectivity index (χ4n) is 2.99. The molecule has 0 aliphatic rings. The summed E-state index contributed by atoms with van der Waals surface area (Å²) in [5, 5.41) is 26.3. The summed E-state index contributed by atoms with van der Waals surface area (Å²) >= 11 is 3.33. The van der Waals surface area contributed by atoms with Gasteiger partial charge in [-0.15, -0.1) is 0 Å². The molecule has 0 aliphatic heterocycles. The van der Waals surface area contributed by atoms with Crippen molar-refractivity contribution in [2.45, 2.75) is 6.92 Å². The Bertz CT molecular complexity index is 1350. The Hall–Kier alpha value is -4.52. The topological polar surface area (TPSA) is 155 Å². The number of benzene rings is 3. The van der Waals surface area contributed by atoms with Crippen molar-refractivity contribution in [3.05, 3.63) is 90.4 Å². The first kappa shape index (κ1) is 26.1. The zero-order valence-corrected chi connectivity index (χ0v) is 20.6. The number of non-ortho nitro benzene ring substituents is 1. The lowest BCUT2D eigenvalue weighted by atomic mass is 10.2. The summed E-state index contributed by atoms with van der Waals surface area (Å²) in [6.45, 7) is 2.19. The Morgan fingerprint density at radius 3 is 2.39 bits per heavy atom. The molecule has 0 atom stereocenters. The lowest BCUT2D eigenvalue weighted by Crippen LogP contribution is -2.17. The van der Waals surface area contributed by atoms with E-state index < -0.39 is 27.1 Å². The van der Waals surface area contributed by atoms with Crippen molar-refractivity contribution in [3.8, 4) is 23.0 Å². The van der Waals surface area contributed by atoms with Crippen LogP contribution in [0.25, 0.3) is 0 Å². The maximum absolute atomic E-state index is 12.5. The number of nitro benzene ring substituents is 2. The third-order valence-electron chi connectivity index (χ3n) is 4.64. The molecule has 0 heterocycles. The monoisotopic (exact) mass is 558 g/mol. The van der Waals surface area contributed by atoms with Gasteiger partial charge in [-0.05, 0) is 49.4 Å². The summed E-state index contributed by atoms with van der Waals surface area (Å²) in [5.74, 6) is 0.333. The van der Waals surface area contributed by atoms with Crippen molar-refractivity contribution in [1.82, 2.24) is 5.43 Å². The molecule has 0 bridgehead atoms. The number of nitrogens with one attached hydrogen (secondary N) is 1. The second-order valence-corrected chi connectivity index (χ2v) is 7.86. The Labute approximate surface area is 212 Å². The zero-order chi connectivity index (χ0) is 26.2. The van der Waals surface area contributed by atoms with Gasteiger partial charge in [-0.25, -0.2) is 5.43 Å². The van der Waals surface area contributed by atoms with E-state index in [4.69, 9.17) is 14.2 Å². The average molecular weight is 559 g/mol. The molecule has 0 aliphatic carbocycles. The Morgan fingerprint density at radius 2 is 1.72 bits per heavy atom. The highest BCUT2D eigenvalue weighted by molar-refractivity contribution is 9.10. The second-order valence-electron chi connectivity index (χ2n) is 6.95. The minimum absolute atomic E-state index is 0.163. The number of hydrogen-bond acceptors (Lipinski definition) is 9. The van der Waals surface area contributed by atoms with E-state index in [9.17, 15) is 25.0 Å². The van der Waals surface area contributed by atoms with Gasteiger partial charge in [-0.2, -0.15) is 5.10 Å². The Kier molecular flexibility index (Phi) is 8.52. The smallest absolute Gasteiger partial charge is 0.318 e. The normalized spacial score (nSPS) is 10.6. The molecular weight excluding hydrogens is 540 g/mol. The molecule has 1 amide bonds. The highest BCUT2D eigenvalue weighted by Gasteiger charge is 2.22. The number of hydrazone groups is 1. The van der Waals surface area contributed by atoms with Gasteiger partial charge in [0.15, 0.2) is 11.5 Å². The minimum Gasteiger partial charge on any atom is -0.493 e. The number of hydrogen-bond donors (Lipinski definition) is 1. The van der Waals surface area contributed by atoms with E-state index in [0.717, 1.165) is 18.2 Å². The number of methoxy groups -OCH3 is 1. The van der Waals surface area contributed by atoms with Gasteiger partial charge < -0.3 is 14.2 Å². The molecule has 12 nitrogen and oxygen atoms in total. The summed E-state index contributed by atoms with van der Waals surface area (Å²) in [5.41, 5.74) is 2.02. The van der Waals surface area contributed by atoms with Crippen LogP contribution in [0.4, 0.5) is 11.4 Å². The van der Waals surface area contributed by atoms with Crippen LogP contribution in [0, 0.1) is 20.2 Å². The highest BCUT2D eigenvalue weighted by atomic mass is 79.9. The number of nitrogens with zero attached hydrogens (tertiary/aromatic N) is 3. The molecule has 0 aromatic heterocycles. The number of rotatable bonds is 10. The maximum Gasteiger partial charge on any atom is 0.318 e. The number of carbonyl (C=O) groups excluding carboxylic acids is 1. The van der Waals surface area contributed by atoms with E-state index in [1.54, 1.807) is 31.2 Å². The summed E-state index contributed by atoms with van der Waals surface area (Å²) in [7, 11) is 1.49. The molecule has 0 saturated heterocycles. The van der Waals surface area contributed by atoms with Gasteiger partial charge in [0.05, 0.1) is 35.8 Å². The van der Waals surface area contributed by atoms with Crippen molar-refractivity contribution in [2.75, 3.05) is 13.7 Å². The zero-order valence-electron chi connectivity index (χ0n) is 19.0. The van der Waals surface area contributed by atoms with Crippen molar-refractivity contribution >= 4 is 39.4 Å². The first-order valence-corrected chi connectivity index (χ1v) is 11.1. The number of amides is 1. The molecule has 0 unspecified atom stereocenters. The van der Waals surface area contributed by atoms with Crippen LogP contribution in [0.3, 0.4) is 0 Å². The fraction of sp³-hybridized carbons (Fsp3) is 0.130. The predicted octanol–water partition coefficient (Wildman–Crippen LogP) is 5.23. The van der Waals surface area contributed by atoms with Gasteiger partial charge in [0.1, 0.15) is 5.75 Å². The maximum atomic E-state index is 12.5. The molecule has 1 N–H and O–H groups in total. The largest absolute Gasteiger partial charge is 0.493 e. The van der Waals surface area contributed by atoms with Crippen LogP contribution in [0.5, 0.6) is 23.0 Å². The van der Waals surface area contributed by atoms with Crippen LogP contribution < -0.4 is 19.6 Å². The molecule has 0 radical (unpaired) electrons. The van der Waals surface area contributed by atoms with Gasteiger partial charge in [-0.3, -0.25) is 25.0 Å². The molecular formula is C23H19BrN4O8. The number of halogens is 1. The van der Waals surface area contributed by atoms with Crippen molar-refractivity contribution < 1.29 is 28.9 Å². The summed E-state index contributed by atoms with van der Waals surface area (Å²) < 4.78 is 17.0. The second kappa shape index (κ2) is 11.8. The van der Waals surface area contributed by atoms with Gasteiger partial charge >= 0.3 is 5.69 Å². The standard InChI is InChI=1S/C23H19BrN4O8/c1-3-35-22-11-14(4-7-21(22)34-2)23(29)26-25-13-15-10-16(24)5-8-19(15)36-20-9-6-17(27(30)31)12-18(20)28(32)33/h4-13H,3H2,1-2H3,(H,26,29)/b25-13+. The molecule has 0 fully saturated rings. The lowest BCUT2D eigenvalue weighted by Gasteiger charge is -2.11. The van der Waals surface area contributed by atoms with E-state index in [0.29, 0.717) is 28.1 Å².